The minimum atomic E-state index is 0.0636. The van der Waals surface area contributed by atoms with Gasteiger partial charge in [0.15, 0.2) is 5.13 Å². The number of amides is 1. The number of piperazine rings is 1. The number of anilines is 1. The van der Waals surface area contributed by atoms with Crippen LogP contribution >= 0.6 is 11.3 Å². The third-order valence-corrected chi connectivity index (χ3v) is 4.85. The first kappa shape index (κ1) is 12.9. The number of carbonyl (C=O) groups excluding carboxylic acids is 1. The Morgan fingerprint density at radius 2 is 2.21 bits per heavy atom. The van der Waals surface area contributed by atoms with Gasteiger partial charge in [0.25, 0.3) is 0 Å². The number of rotatable bonds is 2. The fourth-order valence-corrected chi connectivity index (χ4v) is 3.58. The van der Waals surface area contributed by atoms with Gasteiger partial charge in [-0.2, -0.15) is 0 Å². The maximum Gasteiger partial charge on any atom is 0.239 e. The van der Waals surface area contributed by atoms with Gasteiger partial charge in [-0.25, -0.2) is 4.98 Å². The summed E-state index contributed by atoms with van der Waals surface area (Å²) in [5.41, 5.74) is 1.08. The van der Waals surface area contributed by atoms with E-state index in [1.807, 2.05) is 11.8 Å². The molecule has 0 bridgehead atoms. The van der Waals surface area contributed by atoms with Crippen molar-refractivity contribution < 1.29 is 4.79 Å². The van der Waals surface area contributed by atoms with Crippen molar-refractivity contribution in [1.82, 2.24) is 15.2 Å². The minimum Gasteiger partial charge on any atom is -0.345 e. The van der Waals surface area contributed by atoms with Crippen molar-refractivity contribution in [1.29, 1.82) is 0 Å². The first-order valence-electron chi connectivity index (χ1n) is 6.93. The average molecular weight is 280 g/mol. The summed E-state index contributed by atoms with van der Waals surface area (Å²) in [5.74, 6) is 0.285. The van der Waals surface area contributed by atoms with Crippen LogP contribution in [0.3, 0.4) is 0 Å². The highest BCUT2D eigenvalue weighted by Crippen LogP contribution is 2.21. The first-order valence-corrected chi connectivity index (χ1v) is 7.81. The summed E-state index contributed by atoms with van der Waals surface area (Å²) >= 11 is 1.69. The summed E-state index contributed by atoms with van der Waals surface area (Å²) in [5, 5.41) is 6.45. The van der Waals surface area contributed by atoms with Gasteiger partial charge >= 0.3 is 0 Å². The van der Waals surface area contributed by atoms with Crippen LogP contribution in [0.25, 0.3) is 0 Å². The zero-order chi connectivity index (χ0) is 13.2. The van der Waals surface area contributed by atoms with Gasteiger partial charge in [-0.1, -0.05) is 0 Å². The maximum atomic E-state index is 12.3. The summed E-state index contributed by atoms with van der Waals surface area (Å²) in [7, 11) is 0. The van der Waals surface area contributed by atoms with Crippen LogP contribution in [0.1, 0.15) is 18.5 Å². The molecule has 5 nitrogen and oxygen atoms in total. The second kappa shape index (κ2) is 5.46. The van der Waals surface area contributed by atoms with Gasteiger partial charge in [-0.05, 0) is 26.3 Å². The second-order valence-corrected chi connectivity index (χ2v) is 6.07. The Hall–Kier alpha value is -1.14. The third kappa shape index (κ3) is 2.74. The van der Waals surface area contributed by atoms with E-state index in [0.29, 0.717) is 0 Å². The van der Waals surface area contributed by atoms with E-state index in [4.69, 9.17) is 0 Å². The predicted octanol–water partition coefficient (Wildman–Crippen LogP) is 0.852. The Morgan fingerprint density at radius 1 is 1.42 bits per heavy atom. The number of aryl methyl sites for hydroxylation is 1. The molecule has 104 valence electrons. The lowest BCUT2D eigenvalue weighted by molar-refractivity contribution is -0.133. The Kier molecular flexibility index (Phi) is 3.70. The molecule has 2 saturated heterocycles. The van der Waals surface area contributed by atoms with Crippen molar-refractivity contribution >= 4 is 22.4 Å². The molecule has 1 aromatic heterocycles. The monoisotopic (exact) mass is 280 g/mol. The van der Waals surface area contributed by atoms with E-state index in [-0.39, 0.29) is 11.9 Å². The van der Waals surface area contributed by atoms with Gasteiger partial charge in [-0.15, -0.1) is 11.3 Å². The molecule has 0 saturated carbocycles. The van der Waals surface area contributed by atoms with Crippen molar-refractivity contribution in [2.24, 2.45) is 0 Å². The van der Waals surface area contributed by atoms with Gasteiger partial charge in [-0.3, -0.25) is 4.79 Å². The molecule has 19 heavy (non-hydrogen) atoms. The number of hydrogen-bond donors (Lipinski definition) is 1. The Bertz CT molecular complexity index is 447. The van der Waals surface area contributed by atoms with E-state index in [1.54, 1.807) is 11.3 Å². The fourth-order valence-electron chi connectivity index (χ4n) is 2.72. The summed E-state index contributed by atoms with van der Waals surface area (Å²) in [6.45, 7) is 6.42. The van der Waals surface area contributed by atoms with Crippen LogP contribution in [0, 0.1) is 6.92 Å². The third-order valence-electron chi connectivity index (χ3n) is 3.83. The van der Waals surface area contributed by atoms with Crippen molar-refractivity contribution in [3.05, 3.63) is 11.1 Å². The molecule has 2 fully saturated rings. The summed E-state index contributed by atoms with van der Waals surface area (Å²) in [6, 6.07) is 0.0636. The molecule has 1 amide bonds. The molecule has 0 aliphatic carbocycles. The molecule has 0 radical (unpaired) electrons. The molecule has 0 aromatic carbocycles. The Balaban J connectivity index is 1.55. The van der Waals surface area contributed by atoms with Gasteiger partial charge in [0.1, 0.15) is 0 Å². The summed E-state index contributed by atoms with van der Waals surface area (Å²) in [6.07, 6.45) is 2.11. The number of hydrogen-bond acceptors (Lipinski definition) is 5. The number of carbonyl (C=O) groups is 1. The van der Waals surface area contributed by atoms with Crippen LogP contribution < -0.4 is 10.2 Å². The fraction of sp³-hybridized carbons (Fsp3) is 0.692. The highest BCUT2D eigenvalue weighted by atomic mass is 32.1. The molecule has 0 unspecified atom stereocenters. The molecular formula is C13H20N4OS. The Labute approximate surface area is 117 Å². The van der Waals surface area contributed by atoms with Crippen LogP contribution in [-0.4, -0.2) is 54.6 Å². The van der Waals surface area contributed by atoms with Crippen molar-refractivity contribution in [2.45, 2.75) is 25.8 Å². The van der Waals surface area contributed by atoms with Crippen LogP contribution in [0.5, 0.6) is 0 Å². The van der Waals surface area contributed by atoms with Crippen LogP contribution in [0.4, 0.5) is 5.13 Å². The van der Waals surface area contributed by atoms with Gasteiger partial charge in [0.05, 0.1) is 11.7 Å². The molecule has 1 aromatic rings. The minimum absolute atomic E-state index is 0.0636. The molecule has 3 heterocycles. The zero-order valence-electron chi connectivity index (χ0n) is 11.3. The van der Waals surface area contributed by atoms with Gasteiger partial charge in [0, 0.05) is 31.6 Å². The van der Waals surface area contributed by atoms with Crippen molar-refractivity contribution in [2.75, 3.05) is 37.6 Å². The lowest BCUT2D eigenvalue weighted by Gasteiger charge is -2.35. The van der Waals surface area contributed by atoms with E-state index in [1.165, 1.54) is 0 Å². The smallest absolute Gasteiger partial charge is 0.239 e. The number of aromatic nitrogens is 1. The lowest BCUT2D eigenvalue weighted by Crippen LogP contribution is -2.53. The van der Waals surface area contributed by atoms with Crippen LogP contribution in [-0.2, 0) is 4.79 Å². The van der Waals surface area contributed by atoms with Gasteiger partial charge < -0.3 is 15.1 Å². The highest BCUT2D eigenvalue weighted by molar-refractivity contribution is 7.13. The quantitative estimate of drug-likeness (QED) is 0.872. The highest BCUT2D eigenvalue weighted by Gasteiger charge is 2.29. The number of thiazole rings is 1. The maximum absolute atomic E-state index is 12.3. The van der Waals surface area contributed by atoms with Crippen LogP contribution in [0.15, 0.2) is 5.38 Å². The SMILES string of the molecule is Cc1csc(N2CCN(C(=O)[C@@H]3CCCN3)CC2)n1. The molecule has 1 N–H and O–H groups in total. The van der Waals surface area contributed by atoms with E-state index >= 15 is 0 Å². The first-order chi connectivity index (χ1) is 9.24. The summed E-state index contributed by atoms with van der Waals surface area (Å²) < 4.78 is 0. The van der Waals surface area contributed by atoms with Gasteiger partial charge in [0.2, 0.25) is 5.91 Å². The molecular weight excluding hydrogens is 260 g/mol. The molecule has 1 atom stereocenters. The van der Waals surface area contributed by atoms with E-state index in [9.17, 15) is 4.79 Å². The molecule has 0 spiro atoms. The van der Waals surface area contributed by atoms with E-state index in [2.05, 4.69) is 20.6 Å². The largest absolute Gasteiger partial charge is 0.345 e. The number of nitrogens with zero attached hydrogens (tertiary/aromatic N) is 3. The zero-order valence-corrected chi connectivity index (χ0v) is 12.1. The van der Waals surface area contributed by atoms with Crippen molar-refractivity contribution in [3.63, 3.8) is 0 Å². The summed E-state index contributed by atoms with van der Waals surface area (Å²) in [4.78, 5) is 21.1. The predicted molar refractivity (Wildman–Crippen MR) is 76.7 cm³/mol. The molecule has 3 rings (SSSR count). The Morgan fingerprint density at radius 3 is 2.79 bits per heavy atom. The molecule has 2 aliphatic rings. The van der Waals surface area contributed by atoms with Crippen molar-refractivity contribution in [3.8, 4) is 0 Å². The lowest BCUT2D eigenvalue weighted by atomic mass is 10.2. The van der Waals surface area contributed by atoms with E-state index < -0.39 is 0 Å². The number of nitrogens with one attached hydrogen (secondary N) is 1. The second-order valence-electron chi connectivity index (χ2n) is 5.23. The average Bonchev–Trinajstić information content (AvgIpc) is 3.09. The molecule has 2 aliphatic heterocycles. The van der Waals surface area contributed by atoms with E-state index in [0.717, 1.165) is 56.4 Å². The standard InChI is InChI=1S/C13H20N4OS/c1-10-9-19-13(15-10)17-7-5-16(6-8-17)12(18)11-3-2-4-14-11/h9,11,14H,2-8H2,1H3/t11-/m0/s1. The normalized spacial score (nSPS) is 23.9. The topological polar surface area (TPSA) is 48.5 Å². The molecule has 6 heteroatoms. The van der Waals surface area contributed by atoms with Crippen LogP contribution in [0.2, 0.25) is 0 Å².